The summed E-state index contributed by atoms with van der Waals surface area (Å²) in [6, 6.07) is 0.160. The predicted molar refractivity (Wildman–Crippen MR) is 52.1 cm³/mol. The lowest BCUT2D eigenvalue weighted by molar-refractivity contribution is 0.0967. The molecule has 1 aromatic heterocycles. The maximum absolute atomic E-state index is 5.82. The van der Waals surface area contributed by atoms with Gasteiger partial charge in [-0.1, -0.05) is 5.21 Å². The summed E-state index contributed by atoms with van der Waals surface area (Å²) in [4.78, 5) is 5.04. The Morgan fingerprint density at radius 1 is 1.50 bits per heavy atom. The van der Waals surface area contributed by atoms with E-state index < -0.39 is 0 Å². The summed E-state index contributed by atoms with van der Waals surface area (Å²) in [6.07, 6.45) is 0. The van der Waals surface area contributed by atoms with Gasteiger partial charge in [0.25, 0.3) is 0 Å². The van der Waals surface area contributed by atoms with E-state index in [9.17, 15) is 0 Å². The average Bonchev–Trinajstić information content (AvgIpc) is 2.85. The van der Waals surface area contributed by atoms with Crippen LogP contribution in [0.3, 0.4) is 0 Å². The smallest absolute Gasteiger partial charge is 0.102 e. The maximum atomic E-state index is 5.82. The first-order chi connectivity index (χ1) is 6.86. The number of halogens is 2. The van der Waals surface area contributed by atoms with Gasteiger partial charge in [-0.3, -0.25) is 4.84 Å². The molecule has 7 heteroatoms. The van der Waals surface area contributed by atoms with Crippen molar-refractivity contribution in [2.45, 2.75) is 17.8 Å². The van der Waals surface area contributed by atoms with Gasteiger partial charge < -0.3 is 0 Å². The molecule has 1 atom stereocenters. The third kappa shape index (κ3) is 1.72. The second kappa shape index (κ2) is 4.44. The van der Waals surface area contributed by atoms with Crippen molar-refractivity contribution in [3.63, 3.8) is 0 Å². The summed E-state index contributed by atoms with van der Waals surface area (Å²) >= 11 is 11.5. The fourth-order valence-electron chi connectivity index (χ4n) is 1.41. The molecule has 2 heterocycles. The molecule has 2 rings (SSSR count). The SMILES string of the molecule is ClCc1nnn([C@H]2CNOC2)c1CCl. The topological polar surface area (TPSA) is 52.0 Å². The van der Waals surface area contributed by atoms with Gasteiger partial charge in [-0.25, -0.2) is 10.2 Å². The van der Waals surface area contributed by atoms with Crippen molar-refractivity contribution in [3.05, 3.63) is 11.4 Å². The number of nitrogens with one attached hydrogen (secondary N) is 1. The lowest BCUT2D eigenvalue weighted by atomic mass is 10.3. The first-order valence-electron chi connectivity index (χ1n) is 4.26. The largest absolute Gasteiger partial charge is 0.299 e. The van der Waals surface area contributed by atoms with Crippen LogP contribution in [0.25, 0.3) is 0 Å². The van der Waals surface area contributed by atoms with E-state index in [1.165, 1.54) is 0 Å². The molecule has 78 valence electrons. The van der Waals surface area contributed by atoms with Crippen LogP contribution in [0.15, 0.2) is 0 Å². The van der Waals surface area contributed by atoms with E-state index in [1.54, 1.807) is 4.68 Å². The molecule has 1 saturated heterocycles. The number of aromatic nitrogens is 3. The fraction of sp³-hybridized carbons (Fsp3) is 0.714. The van der Waals surface area contributed by atoms with E-state index in [1.807, 2.05) is 0 Å². The highest BCUT2D eigenvalue weighted by molar-refractivity contribution is 6.18. The summed E-state index contributed by atoms with van der Waals surface area (Å²) in [6.45, 7) is 1.30. The number of nitrogens with zero attached hydrogens (tertiary/aromatic N) is 3. The van der Waals surface area contributed by atoms with E-state index in [4.69, 9.17) is 28.0 Å². The predicted octanol–water partition coefficient (Wildman–Crippen LogP) is 0.832. The van der Waals surface area contributed by atoms with Crippen molar-refractivity contribution >= 4 is 23.2 Å². The summed E-state index contributed by atoms with van der Waals surface area (Å²) in [5.74, 6) is 0.703. The highest BCUT2D eigenvalue weighted by Crippen LogP contribution is 2.17. The van der Waals surface area contributed by atoms with E-state index in [0.717, 1.165) is 17.9 Å². The quantitative estimate of drug-likeness (QED) is 0.791. The lowest BCUT2D eigenvalue weighted by Gasteiger charge is -2.09. The summed E-state index contributed by atoms with van der Waals surface area (Å²) in [7, 11) is 0. The second-order valence-electron chi connectivity index (χ2n) is 3.01. The van der Waals surface area contributed by atoms with Gasteiger partial charge in [0.2, 0.25) is 0 Å². The van der Waals surface area contributed by atoms with Crippen LogP contribution in [-0.4, -0.2) is 28.1 Å². The molecule has 0 saturated carbocycles. The minimum Gasteiger partial charge on any atom is -0.299 e. The Labute approximate surface area is 91.3 Å². The van der Waals surface area contributed by atoms with E-state index in [-0.39, 0.29) is 6.04 Å². The van der Waals surface area contributed by atoms with Crippen molar-refractivity contribution in [1.29, 1.82) is 0 Å². The Kier molecular flexibility index (Phi) is 3.22. The van der Waals surface area contributed by atoms with Crippen molar-refractivity contribution in [2.75, 3.05) is 13.2 Å². The first-order valence-corrected chi connectivity index (χ1v) is 5.33. The highest BCUT2D eigenvalue weighted by Gasteiger charge is 2.23. The van der Waals surface area contributed by atoms with Gasteiger partial charge in [0.05, 0.1) is 30.1 Å². The molecule has 1 fully saturated rings. The number of alkyl halides is 2. The number of rotatable bonds is 3. The zero-order chi connectivity index (χ0) is 9.97. The van der Waals surface area contributed by atoms with Crippen LogP contribution in [0.4, 0.5) is 0 Å². The Morgan fingerprint density at radius 2 is 2.36 bits per heavy atom. The van der Waals surface area contributed by atoms with Crippen LogP contribution in [0.5, 0.6) is 0 Å². The van der Waals surface area contributed by atoms with Gasteiger partial charge >= 0.3 is 0 Å². The number of hydroxylamine groups is 1. The summed E-state index contributed by atoms with van der Waals surface area (Å²) < 4.78 is 1.78. The van der Waals surface area contributed by atoms with Crippen molar-refractivity contribution in [2.24, 2.45) is 0 Å². The minimum absolute atomic E-state index is 0.160. The maximum Gasteiger partial charge on any atom is 0.102 e. The summed E-state index contributed by atoms with van der Waals surface area (Å²) in [5.41, 5.74) is 4.40. The molecule has 0 amide bonds. The molecule has 5 nitrogen and oxygen atoms in total. The van der Waals surface area contributed by atoms with Crippen molar-refractivity contribution < 1.29 is 4.84 Å². The molecule has 14 heavy (non-hydrogen) atoms. The van der Waals surface area contributed by atoms with Gasteiger partial charge in [-0.15, -0.1) is 28.3 Å². The van der Waals surface area contributed by atoms with Gasteiger partial charge in [0.1, 0.15) is 5.69 Å². The normalized spacial score (nSPS) is 21.7. The van der Waals surface area contributed by atoms with Crippen LogP contribution in [0.1, 0.15) is 17.4 Å². The fourth-order valence-corrected chi connectivity index (χ4v) is 1.89. The van der Waals surface area contributed by atoms with Crippen molar-refractivity contribution in [1.82, 2.24) is 20.5 Å². The average molecular weight is 237 g/mol. The molecule has 0 aromatic carbocycles. The van der Waals surface area contributed by atoms with Crippen LogP contribution < -0.4 is 5.48 Å². The standard InChI is InChI=1S/C7H10Cl2N4O/c8-1-6-7(2-9)13(12-11-6)5-3-10-14-4-5/h5,10H,1-4H2/t5-/m0/s1. The second-order valence-corrected chi connectivity index (χ2v) is 3.54. The molecule has 1 aromatic rings. The van der Waals surface area contributed by atoms with Gasteiger partial charge in [-0.2, -0.15) is 0 Å². The monoisotopic (exact) mass is 236 g/mol. The van der Waals surface area contributed by atoms with E-state index >= 15 is 0 Å². The van der Waals surface area contributed by atoms with Gasteiger partial charge in [0.15, 0.2) is 0 Å². The molecule has 0 unspecified atom stereocenters. The Hall–Kier alpha value is -0.360. The summed E-state index contributed by atoms with van der Waals surface area (Å²) in [5, 5.41) is 7.98. The molecule has 0 aliphatic carbocycles. The zero-order valence-corrected chi connectivity index (χ0v) is 8.92. The van der Waals surface area contributed by atoms with Gasteiger partial charge in [-0.05, 0) is 0 Å². The number of hydrogen-bond donors (Lipinski definition) is 1. The molecule has 0 bridgehead atoms. The van der Waals surface area contributed by atoms with Crippen molar-refractivity contribution in [3.8, 4) is 0 Å². The number of hydrogen-bond acceptors (Lipinski definition) is 4. The molecule has 0 radical (unpaired) electrons. The first kappa shape index (κ1) is 10.2. The van der Waals surface area contributed by atoms with Crippen LogP contribution >= 0.6 is 23.2 Å². The molecular weight excluding hydrogens is 227 g/mol. The van der Waals surface area contributed by atoms with E-state index in [0.29, 0.717) is 18.4 Å². The molecular formula is C7H10Cl2N4O. The third-order valence-corrected chi connectivity index (χ3v) is 2.67. The Bertz CT molecular complexity index is 311. The molecule has 1 aliphatic heterocycles. The zero-order valence-electron chi connectivity index (χ0n) is 7.41. The molecule has 0 spiro atoms. The Morgan fingerprint density at radius 3 is 2.93 bits per heavy atom. The minimum atomic E-state index is 0.160. The van der Waals surface area contributed by atoms with E-state index in [2.05, 4.69) is 15.8 Å². The van der Waals surface area contributed by atoms with Crippen LogP contribution in [-0.2, 0) is 16.6 Å². The lowest BCUT2D eigenvalue weighted by Crippen LogP contribution is -2.17. The molecule has 1 aliphatic rings. The highest BCUT2D eigenvalue weighted by atomic mass is 35.5. The van der Waals surface area contributed by atoms with Gasteiger partial charge in [0, 0.05) is 6.54 Å². The molecule has 1 N–H and O–H groups in total. The van der Waals surface area contributed by atoms with Crippen LogP contribution in [0.2, 0.25) is 0 Å². The van der Waals surface area contributed by atoms with Crippen LogP contribution in [0, 0.1) is 0 Å². The Balaban J connectivity index is 2.27. The third-order valence-electron chi connectivity index (χ3n) is 2.17.